The van der Waals surface area contributed by atoms with Crippen molar-refractivity contribution in [2.24, 2.45) is 5.92 Å². The van der Waals surface area contributed by atoms with Gasteiger partial charge in [0.1, 0.15) is 5.82 Å². The molecule has 23 heavy (non-hydrogen) atoms. The van der Waals surface area contributed by atoms with Crippen molar-refractivity contribution < 1.29 is 9.18 Å². The molecule has 0 N–H and O–H groups in total. The highest BCUT2D eigenvalue weighted by molar-refractivity contribution is 5.79. The Bertz CT molecular complexity index is 699. The summed E-state index contributed by atoms with van der Waals surface area (Å²) in [5.74, 6) is 0.155. The van der Waals surface area contributed by atoms with Gasteiger partial charge in [-0.25, -0.2) is 4.39 Å². The number of carbonyl (C=O) groups is 1. The number of aryl methyl sites for hydroxylation is 1. The van der Waals surface area contributed by atoms with E-state index < -0.39 is 0 Å². The van der Waals surface area contributed by atoms with Crippen LogP contribution in [-0.2, 0) is 11.2 Å². The summed E-state index contributed by atoms with van der Waals surface area (Å²) in [6.07, 6.45) is 3.04. The van der Waals surface area contributed by atoms with E-state index in [-0.39, 0.29) is 17.8 Å². The predicted octanol–water partition coefficient (Wildman–Crippen LogP) is 3.68. The first-order chi connectivity index (χ1) is 11.0. The maximum Gasteiger partial charge on any atom is 0.227 e. The van der Waals surface area contributed by atoms with Gasteiger partial charge >= 0.3 is 0 Å². The molecular weight excluding hydrogens is 291 g/mol. The van der Waals surface area contributed by atoms with Crippen LogP contribution in [0.15, 0.2) is 42.6 Å². The first kappa shape index (κ1) is 15.7. The summed E-state index contributed by atoms with van der Waals surface area (Å²) in [6.45, 7) is 4.77. The van der Waals surface area contributed by atoms with Gasteiger partial charge in [-0.3, -0.25) is 9.78 Å². The van der Waals surface area contributed by atoms with E-state index in [0.717, 1.165) is 29.8 Å². The van der Waals surface area contributed by atoms with Crippen LogP contribution in [0, 0.1) is 18.7 Å². The Hall–Kier alpha value is -2.23. The normalized spacial score (nSPS) is 20.7. The van der Waals surface area contributed by atoms with E-state index in [0.29, 0.717) is 12.3 Å². The average molecular weight is 312 g/mol. The fraction of sp³-hybridized carbons (Fsp3) is 0.368. The molecule has 120 valence electrons. The molecule has 3 rings (SSSR count). The number of carbonyl (C=O) groups excluding carboxylic acids is 1. The van der Waals surface area contributed by atoms with Crippen LogP contribution in [0.25, 0.3) is 0 Å². The third-order valence-electron chi connectivity index (χ3n) is 4.54. The van der Waals surface area contributed by atoms with Crippen molar-refractivity contribution in [3.63, 3.8) is 0 Å². The number of amides is 1. The van der Waals surface area contributed by atoms with E-state index in [9.17, 15) is 9.18 Å². The minimum atomic E-state index is -0.253. The highest BCUT2D eigenvalue weighted by atomic mass is 19.1. The number of aromatic nitrogens is 1. The van der Waals surface area contributed by atoms with Gasteiger partial charge in [0.15, 0.2) is 0 Å². The SMILES string of the molecule is Cc1ccc(CC(=O)N2CC[C@@H](C)[C@@H]2c2cccc(F)c2)cn1. The first-order valence-corrected chi connectivity index (χ1v) is 8.01. The van der Waals surface area contributed by atoms with Crippen LogP contribution in [0.5, 0.6) is 0 Å². The van der Waals surface area contributed by atoms with Gasteiger partial charge in [0.25, 0.3) is 0 Å². The maximum atomic E-state index is 13.5. The van der Waals surface area contributed by atoms with Crippen LogP contribution in [-0.4, -0.2) is 22.3 Å². The van der Waals surface area contributed by atoms with Crippen molar-refractivity contribution in [3.8, 4) is 0 Å². The van der Waals surface area contributed by atoms with E-state index in [1.54, 1.807) is 18.3 Å². The zero-order chi connectivity index (χ0) is 16.4. The lowest BCUT2D eigenvalue weighted by atomic mass is 9.95. The predicted molar refractivity (Wildman–Crippen MR) is 87.3 cm³/mol. The van der Waals surface area contributed by atoms with Crippen LogP contribution in [0.3, 0.4) is 0 Å². The first-order valence-electron chi connectivity index (χ1n) is 8.01. The lowest BCUT2D eigenvalue weighted by Gasteiger charge is -2.27. The Morgan fingerprint density at radius 1 is 1.35 bits per heavy atom. The number of nitrogens with zero attached hydrogens (tertiary/aromatic N) is 2. The molecule has 2 heterocycles. The molecule has 2 aromatic rings. The van der Waals surface area contributed by atoms with Crippen LogP contribution in [0.2, 0.25) is 0 Å². The molecule has 1 saturated heterocycles. The minimum absolute atomic E-state index is 0.0448. The van der Waals surface area contributed by atoms with E-state index in [1.165, 1.54) is 6.07 Å². The summed E-state index contributed by atoms with van der Waals surface area (Å²) in [4.78, 5) is 18.8. The molecule has 1 aromatic carbocycles. The van der Waals surface area contributed by atoms with Crippen molar-refractivity contribution in [2.75, 3.05) is 6.54 Å². The molecule has 0 radical (unpaired) electrons. The number of hydrogen-bond donors (Lipinski definition) is 0. The number of rotatable bonds is 3. The monoisotopic (exact) mass is 312 g/mol. The molecule has 0 aliphatic carbocycles. The van der Waals surface area contributed by atoms with Gasteiger partial charge in [-0.2, -0.15) is 0 Å². The third-order valence-corrected chi connectivity index (χ3v) is 4.54. The second-order valence-electron chi connectivity index (χ2n) is 6.34. The molecule has 0 bridgehead atoms. The van der Waals surface area contributed by atoms with Crippen LogP contribution in [0.1, 0.15) is 36.2 Å². The molecule has 1 fully saturated rings. The molecule has 0 saturated carbocycles. The largest absolute Gasteiger partial charge is 0.335 e. The summed E-state index contributed by atoms with van der Waals surface area (Å²) >= 11 is 0. The lowest BCUT2D eigenvalue weighted by Crippen LogP contribution is -2.33. The summed E-state index contributed by atoms with van der Waals surface area (Å²) in [6, 6.07) is 10.4. The Labute approximate surface area is 136 Å². The molecule has 2 atom stereocenters. The van der Waals surface area contributed by atoms with E-state index in [1.807, 2.05) is 30.0 Å². The lowest BCUT2D eigenvalue weighted by molar-refractivity contribution is -0.131. The molecule has 1 aromatic heterocycles. The van der Waals surface area contributed by atoms with Crippen LogP contribution < -0.4 is 0 Å². The highest BCUT2D eigenvalue weighted by Gasteiger charge is 2.35. The van der Waals surface area contributed by atoms with E-state index in [4.69, 9.17) is 0 Å². The Balaban J connectivity index is 1.80. The summed E-state index contributed by atoms with van der Waals surface area (Å²) in [5.41, 5.74) is 2.73. The van der Waals surface area contributed by atoms with Crippen molar-refractivity contribution in [3.05, 3.63) is 65.2 Å². The summed E-state index contributed by atoms with van der Waals surface area (Å²) in [5, 5.41) is 0. The van der Waals surface area contributed by atoms with Crippen LogP contribution in [0.4, 0.5) is 4.39 Å². The van der Waals surface area contributed by atoms with Crippen molar-refractivity contribution in [2.45, 2.75) is 32.7 Å². The zero-order valence-electron chi connectivity index (χ0n) is 13.5. The average Bonchev–Trinajstić information content (AvgIpc) is 2.91. The van der Waals surface area contributed by atoms with Gasteiger partial charge in [-0.05, 0) is 48.6 Å². The second kappa shape index (κ2) is 6.49. The van der Waals surface area contributed by atoms with Crippen molar-refractivity contribution >= 4 is 5.91 Å². The topological polar surface area (TPSA) is 33.2 Å². The number of pyridine rings is 1. The van der Waals surface area contributed by atoms with E-state index >= 15 is 0 Å². The van der Waals surface area contributed by atoms with Gasteiger partial charge in [0, 0.05) is 18.4 Å². The fourth-order valence-electron chi connectivity index (χ4n) is 3.30. The fourth-order valence-corrected chi connectivity index (χ4v) is 3.30. The van der Waals surface area contributed by atoms with Crippen LogP contribution >= 0.6 is 0 Å². The smallest absolute Gasteiger partial charge is 0.227 e. The molecular formula is C19H21FN2O. The maximum absolute atomic E-state index is 13.5. The highest BCUT2D eigenvalue weighted by Crippen LogP contribution is 2.37. The van der Waals surface area contributed by atoms with E-state index in [2.05, 4.69) is 11.9 Å². The van der Waals surface area contributed by atoms with Gasteiger partial charge < -0.3 is 4.90 Å². The molecule has 1 aliphatic rings. The number of hydrogen-bond acceptors (Lipinski definition) is 2. The minimum Gasteiger partial charge on any atom is -0.335 e. The second-order valence-corrected chi connectivity index (χ2v) is 6.34. The van der Waals surface area contributed by atoms with Crippen molar-refractivity contribution in [1.29, 1.82) is 0 Å². The standard InChI is InChI=1S/C19H21FN2O/c1-13-8-9-22(19(13)16-4-3-5-17(20)11-16)18(23)10-15-7-6-14(2)21-12-15/h3-7,11-13,19H,8-10H2,1-2H3/t13-,19-/m1/s1. The van der Waals surface area contributed by atoms with Gasteiger partial charge in [0.2, 0.25) is 5.91 Å². The Kier molecular flexibility index (Phi) is 4.42. The number of likely N-dealkylation sites (tertiary alicyclic amines) is 1. The summed E-state index contributed by atoms with van der Waals surface area (Å²) < 4.78 is 13.5. The molecule has 3 nitrogen and oxygen atoms in total. The third kappa shape index (κ3) is 3.41. The molecule has 0 spiro atoms. The Morgan fingerprint density at radius 3 is 2.87 bits per heavy atom. The quantitative estimate of drug-likeness (QED) is 0.866. The van der Waals surface area contributed by atoms with Gasteiger partial charge in [-0.15, -0.1) is 0 Å². The molecule has 1 amide bonds. The molecule has 0 unspecified atom stereocenters. The van der Waals surface area contributed by atoms with Gasteiger partial charge in [-0.1, -0.05) is 25.1 Å². The van der Waals surface area contributed by atoms with Crippen molar-refractivity contribution in [1.82, 2.24) is 9.88 Å². The molecule has 1 aliphatic heterocycles. The zero-order valence-corrected chi connectivity index (χ0v) is 13.5. The molecule has 4 heteroatoms. The Morgan fingerprint density at radius 2 is 2.17 bits per heavy atom. The number of benzene rings is 1. The number of halogens is 1. The van der Waals surface area contributed by atoms with Gasteiger partial charge in [0.05, 0.1) is 12.5 Å². The summed E-state index contributed by atoms with van der Waals surface area (Å²) in [7, 11) is 0.